The number of carbonyl (C=O) groups excluding carboxylic acids is 1. The summed E-state index contributed by atoms with van der Waals surface area (Å²) in [6.45, 7) is 2.40. The van der Waals surface area contributed by atoms with Crippen molar-refractivity contribution in [2.24, 2.45) is 0 Å². The number of fused-ring (bicyclic) bond motifs is 1. The Morgan fingerprint density at radius 1 is 0.971 bits per heavy atom. The van der Waals surface area contributed by atoms with E-state index in [1.807, 2.05) is 43.3 Å². The number of hydrogen-bond acceptors (Lipinski definition) is 8. The average Bonchev–Trinajstić information content (AvgIpc) is 3.28. The van der Waals surface area contributed by atoms with Crippen LogP contribution < -0.4 is 24.3 Å². The first-order valence-corrected chi connectivity index (χ1v) is 10.6. The molecule has 10 heteroatoms. The van der Waals surface area contributed by atoms with Crippen LogP contribution in [0.5, 0.6) is 23.1 Å². The maximum absolute atomic E-state index is 12.0. The van der Waals surface area contributed by atoms with E-state index in [0.717, 1.165) is 5.56 Å². The van der Waals surface area contributed by atoms with Crippen LogP contribution in [0.15, 0.2) is 54.6 Å². The third-order valence-electron chi connectivity index (χ3n) is 5.01. The summed E-state index contributed by atoms with van der Waals surface area (Å²) in [4.78, 5) is 12.0. The number of benzene rings is 2. The van der Waals surface area contributed by atoms with E-state index in [9.17, 15) is 4.79 Å². The summed E-state index contributed by atoms with van der Waals surface area (Å²) in [7, 11) is 3.16. The van der Waals surface area contributed by atoms with Gasteiger partial charge in [-0.3, -0.25) is 4.79 Å². The standard InChI is InChI=1S/C24H25N5O5/c1-16-6-4-5-7-19(16)34-15-22(30)25-12-13-33-23-11-10-21-26-27-24(29(21)28-23)18-9-8-17(31-2)14-20(18)32-3/h4-11,14H,12-13,15H2,1-3H3,(H,25,30). The molecule has 0 aliphatic heterocycles. The van der Waals surface area contributed by atoms with Gasteiger partial charge in [0.05, 0.1) is 26.3 Å². The fourth-order valence-electron chi connectivity index (χ4n) is 3.26. The fourth-order valence-corrected chi connectivity index (χ4v) is 3.26. The van der Waals surface area contributed by atoms with E-state index in [4.69, 9.17) is 18.9 Å². The number of para-hydroxylation sites is 1. The molecular formula is C24H25N5O5. The monoisotopic (exact) mass is 463 g/mol. The molecule has 34 heavy (non-hydrogen) atoms. The minimum atomic E-state index is -0.233. The van der Waals surface area contributed by atoms with Crippen molar-refractivity contribution < 1.29 is 23.7 Å². The van der Waals surface area contributed by atoms with Crippen LogP contribution in [-0.2, 0) is 4.79 Å². The van der Waals surface area contributed by atoms with Gasteiger partial charge in [-0.15, -0.1) is 15.3 Å². The van der Waals surface area contributed by atoms with Gasteiger partial charge in [-0.25, -0.2) is 0 Å². The first-order chi connectivity index (χ1) is 16.6. The van der Waals surface area contributed by atoms with E-state index in [-0.39, 0.29) is 19.1 Å². The van der Waals surface area contributed by atoms with Gasteiger partial charge in [0.25, 0.3) is 5.91 Å². The molecule has 0 fully saturated rings. The van der Waals surface area contributed by atoms with Crippen LogP contribution in [-0.4, -0.2) is 59.7 Å². The fraction of sp³-hybridized carbons (Fsp3) is 0.250. The minimum Gasteiger partial charge on any atom is -0.497 e. The Morgan fingerprint density at radius 3 is 2.62 bits per heavy atom. The van der Waals surface area contributed by atoms with Crippen molar-refractivity contribution in [2.75, 3.05) is 34.0 Å². The van der Waals surface area contributed by atoms with Crippen LogP contribution in [0.1, 0.15) is 5.56 Å². The van der Waals surface area contributed by atoms with E-state index in [0.29, 0.717) is 46.7 Å². The number of nitrogens with zero attached hydrogens (tertiary/aromatic N) is 4. The predicted octanol–water partition coefficient (Wildman–Crippen LogP) is 2.69. The zero-order valence-electron chi connectivity index (χ0n) is 19.1. The van der Waals surface area contributed by atoms with Crippen LogP contribution in [0, 0.1) is 6.92 Å². The van der Waals surface area contributed by atoms with E-state index in [2.05, 4.69) is 20.6 Å². The van der Waals surface area contributed by atoms with Gasteiger partial charge in [0.1, 0.15) is 23.9 Å². The summed E-state index contributed by atoms with van der Waals surface area (Å²) in [5.41, 5.74) is 2.24. The topological polar surface area (TPSA) is 109 Å². The van der Waals surface area contributed by atoms with E-state index in [1.54, 1.807) is 36.9 Å². The smallest absolute Gasteiger partial charge is 0.258 e. The lowest BCUT2D eigenvalue weighted by Crippen LogP contribution is -2.32. The molecule has 2 aromatic heterocycles. The maximum atomic E-state index is 12.0. The Labute approximate surface area is 196 Å². The molecule has 2 heterocycles. The quantitative estimate of drug-likeness (QED) is 0.358. The number of aromatic nitrogens is 4. The Balaban J connectivity index is 1.35. The van der Waals surface area contributed by atoms with Gasteiger partial charge in [0, 0.05) is 12.1 Å². The van der Waals surface area contributed by atoms with Gasteiger partial charge < -0.3 is 24.3 Å². The lowest BCUT2D eigenvalue weighted by Gasteiger charge is -2.10. The van der Waals surface area contributed by atoms with Crippen molar-refractivity contribution in [2.45, 2.75) is 6.92 Å². The molecule has 176 valence electrons. The second-order valence-corrected chi connectivity index (χ2v) is 7.28. The molecule has 2 aromatic carbocycles. The largest absolute Gasteiger partial charge is 0.497 e. The molecule has 0 atom stereocenters. The second kappa shape index (κ2) is 10.5. The highest BCUT2D eigenvalue weighted by Crippen LogP contribution is 2.32. The van der Waals surface area contributed by atoms with Gasteiger partial charge in [-0.1, -0.05) is 18.2 Å². The number of aryl methyl sites for hydroxylation is 1. The molecule has 0 aliphatic rings. The molecule has 10 nitrogen and oxygen atoms in total. The van der Waals surface area contributed by atoms with Gasteiger partial charge in [-0.05, 0) is 36.8 Å². The molecule has 0 bridgehead atoms. The van der Waals surface area contributed by atoms with Gasteiger partial charge in [-0.2, -0.15) is 4.52 Å². The first-order valence-electron chi connectivity index (χ1n) is 10.6. The number of amides is 1. The number of rotatable bonds is 10. The van der Waals surface area contributed by atoms with E-state index < -0.39 is 0 Å². The summed E-state index contributed by atoms with van der Waals surface area (Å²) in [5, 5.41) is 15.6. The molecule has 0 saturated heterocycles. The van der Waals surface area contributed by atoms with E-state index in [1.165, 1.54) is 0 Å². The Bertz CT molecular complexity index is 1290. The molecule has 0 unspecified atom stereocenters. The van der Waals surface area contributed by atoms with Gasteiger partial charge in [0.2, 0.25) is 5.88 Å². The predicted molar refractivity (Wildman–Crippen MR) is 125 cm³/mol. The molecule has 0 spiro atoms. The van der Waals surface area contributed by atoms with Gasteiger partial charge >= 0.3 is 0 Å². The van der Waals surface area contributed by atoms with Crippen LogP contribution in [0.25, 0.3) is 17.0 Å². The first kappa shape index (κ1) is 22.8. The van der Waals surface area contributed by atoms with Crippen LogP contribution in [0.4, 0.5) is 0 Å². The normalized spacial score (nSPS) is 10.7. The van der Waals surface area contributed by atoms with Crippen molar-refractivity contribution in [3.8, 4) is 34.5 Å². The summed E-state index contributed by atoms with van der Waals surface area (Å²) in [5.74, 6) is 2.57. The van der Waals surface area contributed by atoms with Crippen molar-refractivity contribution in [3.63, 3.8) is 0 Å². The zero-order chi connectivity index (χ0) is 23.9. The highest BCUT2D eigenvalue weighted by molar-refractivity contribution is 5.77. The van der Waals surface area contributed by atoms with Gasteiger partial charge in [0.15, 0.2) is 18.1 Å². The molecular weight excluding hydrogens is 438 g/mol. The van der Waals surface area contributed by atoms with Crippen molar-refractivity contribution in [3.05, 3.63) is 60.2 Å². The highest BCUT2D eigenvalue weighted by Gasteiger charge is 2.16. The van der Waals surface area contributed by atoms with Crippen molar-refractivity contribution in [1.29, 1.82) is 0 Å². The van der Waals surface area contributed by atoms with Crippen molar-refractivity contribution in [1.82, 2.24) is 25.1 Å². The summed E-state index contributed by atoms with van der Waals surface area (Å²) >= 11 is 0. The summed E-state index contributed by atoms with van der Waals surface area (Å²) < 4.78 is 23.6. The third-order valence-corrected chi connectivity index (χ3v) is 5.01. The summed E-state index contributed by atoms with van der Waals surface area (Å²) in [6, 6.07) is 16.4. The third kappa shape index (κ3) is 5.17. The van der Waals surface area contributed by atoms with E-state index >= 15 is 0 Å². The Hall–Kier alpha value is -4.34. The molecule has 0 saturated carbocycles. The molecule has 4 rings (SSSR count). The summed E-state index contributed by atoms with van der Waals surface area (Å²) in [6.07, 6.45) is 0. The molecule has 4 aromatic rings. The molecule has 1 N–H and O–H groups in total. The lowest BCUT2D eigenvalue weighted by atomic mass is 10.2. The number of carbonyl (C=O) groups is 1. The lowest BCUT2D eigenvalue weighted by molar-refractivity contribution is -0.123. The Kier molecular flexibility index (Phi) is 7.07. The minimum absolute atomic E-state index is 0.0666. The second-order valence-electron chi connectivity index (χ2n) is 7.28. The SMILES string of the molecule is COc1ccc(-c2nnc3ccc(OCCNC(=O)COc4ccccc4C)nn23)c(OC)c1. The maximum Gasteiger partial charge on any atom is 0.258 e. The van der Waals surface area contributed by atoms with Crippen molar-refractivity contribution >= 4 is 11.6 Å². The van der Waals surface area contributed by atoms with Crippen LogP contribution in [0.2, 0.25) is 0 Å². The number of methoxy groups -OCH3 is 2. The van der Waals surface area contributed by atoms with Crippen LogP contribution in [0.3, 0.4) is 0 Å². The molecule has 1 amide bonds. The molecule has 0 radical (unpaired) electrons. The average molecular weight is 463 g/mol. The highest BCUT2D eigenvalue weighted by atomic mass is 16.5. The molecule has 0 aliphatic carbocycles. The zero-order valence-corrected chi connectivity index (χ0v) is 19.1. The number of hydrogen-bond donors (Lipinski definition) is 1. The number of ether oxygens (including phenoxy) is 4. The number of nitrogens with one attached hydrogen (secondary N) is 1. The Morgan fingerprint density at radius 2 is 1.82 bits per heavy atom. The van der Waals surface area contributed by atoms with Crippen LogP contribution >= 0.6 is 0 Å².